The number of hydrogen-bond acceptors (Lipinski definition) is 1. The van der Waals surface area contributed by atoms with E-state index in [0.29, 0.717) is 0 Å². The van der Waals surface area contributed by atoms with Gasteiger partial charge in [-0.05, 0) is 10.8 Å². The Balaban J connectivity index is 0.000000251. The second-order valence-electron chi connectivity index (χ2n) is 2.45. The van der Waals surface area contributed by atoms with Gasteiger partial charge in [-0.25, -0.2) is 0 Å². The van der Waals surface area contributed by atoms with E-state index < -0.39 is 0 Å². The van der Waals surface area contributed by atoms with E-state index in [1.165, 1.54) is 10.8 Å². The molecule has 0 saturated heterocycles. The van der Waals surface area contributed by atoms with Gasteiger partial charge in [0.25, 0.3) is 6.47 Å². The molecule has 0 unspecified atom stereocenters. The first-order valence-corrected chi connectivity index (χ1v) is 3.90. The van der Waals surface area contributed by atoms with Crippen molar-refractivity contribution in [2.24, 2.45) is 0 Å². The Morgan fingerprint density at radius 1 is 0.846 bits per heavy atom. The van der Waals surface area contributed by atoms with Crippen LogP contribution in [0.2, 0.25) is 0 Å². The zero-order valence-electron chi connectivity index (χ0n) is 7.05. The van der Waals surface area contributed by atoms with Gasteiger partial charge in [0.05, 0.1) is 0 Å². The molecule has 0 aliphatic rings. The van der Waals surface area contributed by atoms with Crippen molar-refractivity contribution in [1.29, 1.82) is 0 Å². The number of fused-ring (bicyclic) bond motifs is 1. The van der Waals surface area contributed by atoms with Crippen LogP contribution in [-0.4, -0.2) is 11.6 Å². The summed E-state index contributed by atoms with van der Waals surface area (Å²) in [5, 5.41) is 9.51. The summed E-state index contributed by atoms with van der Waals surface area (Å²) in [6.45, 7) is -0.250. The van der Waals surface area contributed by atoms with Crippen molar-refractivity contribution in [3.05, 3.63) is 48.5 Å². The van der Waals surface area contributed by atoms with E-state index in [-0.39, 0.29) is 6.47 Å². The lowest BCUT2D eigenvalue weighted by atomic mass is 10.1. The van der Waals surface area contributed by atoms with E-state index in [4.69, 9.17) is 9.90 Å². The molecule has 2 aromatic rings. The number of carbonyl (C=O) groups is 1. The highest BCUT2D eigenvalue weighted by molar-refractivity contribution is 5.81. The fourth-order valence-corrected chi connectivity index (χ4v) is 1.13. The second kappa shape index (κ2) is 4.93. The third-order valence-corrected chi connectivity index (χ3v) is 1.66. The monoisotopic (exact) mass is 174 g/mol. The van der Waals surface area contributed by atoms with Crippen LogP contribution in [0.1, 0.15) is 0 Å². The van der Waals surface area contributed by atoms with Crippen molar-refractivity contribution in [3.63, 3.8) is 0 Å². The summed E-state index contributed by atoms with van der Waals surface area (Å²) < 4.78 is 0. The van der Waals surface area contributed by atoms with Gasteiger partial charge in [0.1, 0.15) is 0 Å². The highest BCUT2D eigenvalue weighted by Gasteiger charge is 1.85. The van der Waals surface area contributed by atoms with Gasteiger partial charge in [-0.3, -0.25) is 4.79 Å². The van der Waals surface area contributed by atoms with Crippen molar-refractivity contribution >= 4 is 17.2 Å². The molecule has 2 heteroatoms. The summed E-state index contributed by atoms with van der Waals surface area (Å²) in [7, 11) is 0. The minimum absolute atomic E-state index is 0.250. The Bertz CT molecular complexity index is 317. The molecule has 0 spiro atoms. The maximum Gasteiger partial charge on any atom is 0.290 e. The molecule has 1 N–H and O–H groups in total. The summed E-state index contributed by atoms with van der Waals surface area (Å²) >= 11 is 0. The predicted octanol–water partition coefficient (Wildman–Crippen LogP) is 2.54. The fourth-order valence-electron chi connectivity index (χ4n) is 1.13. The lowest BCUT2D eigenvalue weighted by Gasteiger charge is -1.92. The molecule has 0 bridgehead atoms. The van der Waals surface area contributed by atoms with E-state index >= 15 is 0 Å². The zero-order chi connectivity index (χ0) is 9.52. The molecule has 0 amide bonds. The molecule has 0 saturated carbocycles. The smallest absolute Gasteiger partial charge is 0.290 e. The third-order valence-electron chi connectivity index (χ3n) is 1.66. The van der Waals surface area contributed by atoms with Gasteiger partial charge >= 0.3 is 0 Å². The topological polar surface area (TPSA) is 37.3 Å². The van der Waals surface area contributed by atoms with Crippen LogP contribution >= 0.6 is 0 Å². The fraction of sp³-hybridized carbons (Fsp3) is 0. The third kappa shape index (κ3) is 2.60. The number of rotatable bonds is 0. The van der Waals surface area contributed by atoms with Crippen LogP contribution in [0.3, 0.4) is 0 Å². The standard InChI is InChI=1S/C10H8.CH2O2/c1-2-6-10-8-4-3-7-9(10)5-1;2-1-3/h1-8H;1H,(H,2,3). The van der Waals surface area contributed by atoms with Crippen LogP contribution in [-0.2, 0) is 4.79 Å². The molecule has 2 rings (SSSR count). The van der Waals surface area contributed by atoms with Crippen LogP contribution in [0.25, 0.3) is 10.8 Å². The van der Waals surface area contributed by atoms with Gasteiger partial charge in [0, 0.05) is 0 Å². The van der Waals surface area contributed by atoms with Crippen molar-refractivity contribution < 1.29 is 9.90 Å². The van der Waals surface area contributed by atoms with E-state index in [1.807, 2.05) is 0 Å². The number of carboxylic acid groups (broad SMARTS) is 1. The predicted molar refractivity (Wildman–Crippen MR) is 52.6 cm³/mol. The van der Waals surface area contributed by atoms with Crippen molar-refractivity contribution in [3.8, 4) is 0 Å². The van der Waals surface area contributed by atoms with E-state index in [9.17, 15) is 0 Å². The quantitative estimate of drug-likeness (QED) is 0.623. The molecule has 0 aliphatic heterocycles. The summed E-state index contributed by atoms with van der Waals surface area (Å²) in [5.74, 6) is 0. The second-order valence-corrected chi connectivity index (χ2v) is 2.45. The Morgan fingerprint density at radius 3 is 1.31 bits per heavy atom. The number of benzene rings is 2. The Hall–Kier alpha value is -1.83. The van der Waals surface area contributed by atoms with Gasteiger partial charge in [-0.15, -0.1) is 0 Å². The Kier molecular flexibility index (Phi) is 3.51. The average Bonchev–Trinajstić information content (AvgIpc) is 2.19. The van der Waals surface area contributed by atoms with E-state index in [2.05, 4.69) is 48.5 Å². The molecule has 0 radical (unpaired) electrons. The summed E-state index contributed by atoms with van der Waals surface area (Å²) in [4.78, 5) is 8.36. The van der Waals surface area contributed by atoms with Gasteiger partial charge in [0.2, 0.25) is 0 Å². The minimum atomic E-state index is -0.250. The molecule has 2 aromatic carbocycles. The lowest BCUT2D eigenvalue weighted by molar-refractivity contribution is -0.122. The summed E-state index contributed by atoms with van der Waals surface area (Å²) in [6.07, 6.45) is 0. The molecule has 2 nitrogen and oxygen atoms in total. The van der Waals surface area contributed by atoms with Gasteiger partial charge in [-0.2, -0.15) is 0 Å². The number of hydrogen-bond donors (Lipinski definition) is 1. The van der Waals surface area contributed by atoms with Crippen LogP contribution < -0.4 is 0 Å². The lowest BCUT2D eigenvalue weighted by Crippen LogP contribution is -1.67. The zero-order valence-corrected chi connectivity index (χ0v) is 7.05. The largest absolute Gasteiger partial charge is 0.483 e. The maximum absolute atomic E-state index is 8.36. The van der Waals surface area contributed by atoms with Crippen LogP contribution in [0.5, 0.6) is 0 Å². The van der Waals surface area contributed by atoms with Crippen molar-refractivity contribution in [1.82, 2.24) is 0 Å². The van der Waals surface area contributed by atoms with Gasteiger partial charge < -0.3 is 5.11 Å². The summed E-state index contributed by atoms with van der Waals surface area (Å²) in [5.41, 5.74) is 0. The van der Waals surface area contributed by atoms with Crippen molar-refractivity contribution in [2.45, 2.75) is 0 Å². The summed E-state index contributed by atoms with van der Waals surface area (Å²) in [6, 6.07) is 16.7. The first-order valence-electron chi connectivity index (χ1n) is 3.90. The average molecular weight is 174 g/mol. The van der Waals surface area contributed by atoms with Crippen LogP contribution in [0.15, 0.2) is 48.5 Å². The molecular formula is C11H10O2. The van der Waals surface area contributed by atoms with Crippen molar-refractivity contribution in [2.75, 3.05) is 0 Å². The van der Waals surface area contributed by atoms with E-state index in [0.717, 1.165) is 0 Å². The first kappa shape index (κ1) is 9.26. The normalized spacial score (nSPS) is 8.62. The molecular weight excluding hydrogens is 164 g/mol. The first-order chi connectivity index (χ1) is 6.38. The van der Waals surface area contributed by atoms with Gasteiger partial charge in [0.15, 0.2) is 0 Å². The molecule has 66 valence electrons. The molecule has 0 aromatic heterocycles. The Morgan fingerprint density at radius 2 is 1.08 bits per heavy atom. The van der Waals surface area contributed by atoms with Crippen LogP contribution in [0.4, 0.5) is 0 Å². The maximum atomic E-state index is 8.36. The molecule has 13 heavy (non-hydrogen) atoms. The highest BCUT2D eigenvalue weighted by atomic mass is 16.3. The Labute approximate surface area is 76.4 Å². The van der Waals surface area contributed by atoms with E-state index in [1.54, 1.807) is 0 Å². The molecule has 0 heterocycles. The SMILES string of the molecule is O=CO.c1ccc2ccccc2c1. The molecule has 0 fully saturated rings. The minimum Gasteiger partial charge on any atom is -0.483 e. The van der Waals surface area contributed by atoms with Crippen LogP contribution in [0, 0.1) is 0 Å². The van der Waals surface area contributed by atoms with Gasteiger partial charge in [-0.1, -0.05) is 48.5 Å². The molecule has 0 aliphatic carbocycles. The highest BCUT2D eigenvalue weighted by Crippen LogP contribution is 2.11. The molecule has 0 atom stereocenters.